The van der Waals surface area contributed by atoms with E-state index in [1.165, 1.54) is 5.56 Å². The van der Waals surface area contributed by atoms with E-state index in [0.717, 1.165) is 17.8 Å². The Balaban J connectivity index is 2.33. The van der Waals surface area contributed by atoms with Gasteiger partial charge in [0.25, 0.3) is 5.56 Å². The largest absolute Gasteiger partial charge is 0.378 e. The fourth-order valence-corrected chi connectivity index (χ4v) is 2.52. The second-order valence-electron chi connectivity index (χ2n) is 5.03. The van der Waals surface area contributed by atoms with Crippen molar-refractivity contribution in [2.75, 3.05) is 5.32 Å². The average molecular weight is 271 g/mol. The van der Waals surface area contributed by atoms with Crippen molar-refractivity contribution in [1.82, 2.24) is 9.97 Å². The Morgan fingerprint density at radius 1 is 1.30 bits per heavy atom. The summed E-state index contributed by atoms with van der Waals surface area (Å²) in [4.78, 5) is 19.2. The summed E-state index contributed by atoms with van der Waals surface area (Å²) in [6.07, 6.45) is 0.956. The van der Waals surface area contributed by atoms with Crippen molar-refractivity contribution in [3.8, 4) is 0 Å². The number of nitrogens with one attached hydrogen (secondary N) is 2. The van der Waals surface area contributed by atoms with Crippen LogP contribution in [0.1, 0.15) is 42.5 Å². The number of hydrogen-bond acceptors (Lipinski definition) is 3. The molecule has 4 heteroatoms. The molecule has 0 aliphatic rings. The van der Waals surface area contributed by atoms with Crippen molar-refractivity contribution in [3.05, 3.63) is 57.3 Å². The van der Waals surface area contributed by atoms with Crippen LogP contribution in [0.3, 0.4) is 0 Å². The van der Waals surface area contributed by atoms with Crippen LogP contribution < -0.4 is 10.9 Å². The van der Waals surface area contributed by atoms with E-state index in [2.05, 4.69) is 28.3 Å². The average Bonchev–Trinajstić information content (AvgIpc) is 2.38. The molecule has 1 aromatic heterocycles. The van der Waals surface area contributed by atoms with Gasteiger partial charge in [0.05, 0.1) is 17.3 Å². The predicted molar refractivity (Wildman–Crippen MR) is 82.2 cm³/mol. The fraction of sp³-hybridized carbons (Fsp3) is 0.375. The Kier molecular flexibility index (Phi) is 4.23. The van der Waals surface area contributed by atoms with Gasteiger partial charge in [0.2, 0.25) is 0 Å². The number of anilines is 1. The van der Waals surface area contributed by atoms with Crippen LogP contribution in [0.25, 0.3) is 0 Å². The summed E-state index contributed by atoms with van der Waals surface area (Å²) < 4.78 is 0. The number of para-hydroxylation sites is 1. The Morgan fingerprint density at radius 3 is 2.65 bits per heavy atom. The van der Waals surface area contributed by atoms with Crippen molar-refractivity contribution in [2.24, 2.45) is 0 Å². The molecule has 1 heterocycles. The van der Waals surface area contributed by atoms with Gasteiger partial charge in [-0.05, 0) is 38.8 Å². The quantitative estimate of drug-likeness (QED) is 0.898. The number of nitrogens with zero attached hydrogens (tertiary/aromatic N) is 1. The van der Waals surface area contributed by atoms with Gasteiger partial charge in [-0.25, -0.2) is 4.98 Å². The summed E-state index contributed by atoms with van der Waals surface area (Å²) in [5.74, 6) is 0.650. The molecule has 4 nitrogen and oxygen atoms in total. The molecule has 0 aliphatic heterocycles. The number of H-pyrrole nitrogens is 1. The number of aromatic nitrogens is 2. The minimum Gasteiger partial charge on any atom is -0.378 e. The molecular weight excluding hydrogens is 250 g/mol. The van der Waals surface area contributed by atoms with E-state index in [4.69, 9.17) is 0 Å². The summed E-state index contributed by atoms with van der Waals surface area (Å²) in [6.45, 7) is 7.78. The van der Waals surface area contributed by atoms with Crippen LogP contribution in [0.4, 0.5) is 5.69 Å². The fourth-order valence-electron chi connectivity index (χ4n) is 2.52. The van der Waals surface area contributed by atoms with Gasteiger partial charge in [-0.2, -0.15) is 0 Å². The number of hydrogen-bond donors (Lipinski definition) is 2. The second kappa shape index (κ2) is 5.90. The Hall–Kier alpha value is -2.10. The third-order valence-corrected chi connectivity index (χ3v) is 3.47. The Morgan fingerprint density at radius 2 is 2.00 bits per heavy atom. The van der Waals surface area contributed by atoms with Crippen LogP contribution in [0.5, 0.6) is 0 Å². The first-order valence-electron chi connectivity index (χ1n) is 6.94. The van der Waals surface area contributed by atoms with Crippen LogP contribution in [-0.4, -0.2) is 9.97 Å². The monoisotopic (exact) mass is 271 g/mol. The molecule has 2 N–H and O–H groups in total. The zero-order chi connectivity index (χ0) is 14.7. The highest BCUT2D eigenvalue weighted by Crippen LogP contribution is 2.22. The van der Waals surface area contributed by atoms with Gasteiger partial charge in [-0.1, -0.05) is 25.1 Å². The summed E-state index contributed by atoms with van der Waals surface area (Å²) >= 11 is 0. The van der Waals surface area contributed by atoms with E-state index < -0.39 is 0 Å². The van der Waals surface area contributed by atoms with E-state index in [-0.39, 0.29) is 11.6 Å². The standard InChI is InChI=1S/C16H21N3O/c1-5-13-8-6-7-9-14(13)18-11(3)15-10(2)17-12(4)19-16(15)20/h6-9,11,18H,5H2,1-4H3,(H,17,19,20). The Labute approximate surface area is 119 Å². The molecule has 2 rings (SSSR count). The maximum absolute atomic E-state index is 12.1. The lowest BCUT2D eigenvalue weighted by Gasteiger charge is -2.18. The molecular formula is C16H21N3O. The van der Waals surface area contributed by atoms with E-state index in [9.17, 15) is 4.79 Å². The van der Waals surface area contributed by atoms with Gasteiger partial charge in [0.15, 0.2) is 0 Å². The van der Waals surface area contributed by atoms with Gasteiger partial charge in [0, 0.05) is 5.69 Å². The van der Waals surface area contributed by atoms with Crippen molar-refractivity contribution in [3.63, 3.8) is 0 Å². The van der Waals surface area contributed by atoms with Crippen molar-refractivity contribution >= 4 is 5.69 Å². The molecule has 1 atom stereocenters. The lowest BCUT2D eigenvalue weighted by atomic mass is 10.1. The van der Waals surface area contributed by atoms with Crippen molar-refractivity contribution < 1.29 is 0 Å². The third-order valence-electron chi connectivity index (χ3n) is 3.47. The van der Waals surface area contributed by atoms with E-state index >= 15 is 0 Å². The van der Waals surface area contributed by atoms with Crippen molar-refractivity contribution in [2.45, 2.75) is 40.2 Å². The third kappa shape index (κ3) is 2.90. The zero-order valence-corrected chi connectivity index (χ0v) is 12.4. The Bertz CT molecular complexity index is 661. The highest BCUT2D eigenvalue weighted by atomic mass is 16.1. The molecule has 2 aromatic rings. The molecule has 20 heavy (non-hydrogen) atoms. The number of rotatable bonds is 4. The SMILES string of the molecule is CCc1ccccc1NC(C)c1c(C)nc(C)[nH]c1=O. The molecule has 0 saturated carbocycles. The molecule has 1 unspecified atom stereocenters. The van der Waals surface area contributed by atoms with Crippen LogP contribution in [-0.2, 0) is 6.42 Å². The first-order chi connectivity index (χ1) is 9.52. The summed E-state index contributed by atoms with van der Waals surface area (Å²) in [5, 5.41) is 3.42. The van der Waals surface area contributed by atoms with Crippen LogP contribution in [0.2, 0.25) is 0 Å². The molecule has 106 valence electrons. The molecule has 0 amide bonds. The van der Waals surface area contributed by atoms with Gasteiger partial charge in [-0.3, -0.25) is 4.79 Å². The zero-order valence-electron chi connectivity index (χ0n) is 12.4. The van der Waals surface area contributed by atoms with E-state index in [1.807, 2.05) is 32.0 Å². The molecule has 0 fully saturated rings. The second-order valence-corrected chi connectivity index (χ2v) is 5.03. The molecule has 1 aromatic carbocycles. The van der Waals surface area contributed by atoms with Gasteiger partial charge >= 0.3 is 0 Å². The van der Waals surface area contributed by atoms with Crippen molar-refractivity contribution in [1.29, 1.82) is 0 Å². The van der Waals surface area contributed by atoms with E-state index in [0.29, 0.717) is 11.4 Å². The normalized spacial score (nSPS) is 12.2. The first-order valence-corrected chi connectivity index (χ1v) is 6.94. The molecule has 0 bridgehead atoms. The predicted octanol–water partition coefficient (Wildman–Crippen LogP) is 3.12. The maximum atomic E-state index is 12.1. The van der Waals surface area contributed by atoms with Crippen LogP contribution in [0, 0.1) is 13.8 Å². The lowest BCUT2D eigenvalue weighted by molar-refractivity contribution is 0.811. The first kappa shape index (κ1) is 14.3. The van der Waals surface area contributed by atoms with Crippen LogP contribution >= 0.6 is 0 Å². The van der Waals surface area contributed by atoms with Gasteiger partial charge in [-0.15, -0.1) is 0 Å². The number of benzene rings is 1. The summed E-state index contributed by atoms with van der Waals surface area (Å²) in [7, 11) is 0. The highest BCUT2D eigenvalue weighted by Gasteiger charge is 2.15. The summed E-state index contributed by atoms with van der Waals surface area (Å²) in [6, 6.07) is 8.08. The van der Waals surface area contributed by atoms with E-state index in [1.54, 1.807) is 6.92 Å². The van der Waals surface area contributed by atoms with Gasteiger partial charge in [0.1, 0.15) is 5.82 Å². The summed E-state index contributed by atoms with van der Waals surface area (Å²) in [5.41, 5.74) is 3.72. The van der Waals surface area contributed by atoms with Gasteiger partial charge < -0.3 is 10.3 Å². The minimum atomic E-state index is -0.0838. The highest BCUT2D eigenvalue weighted by molar-refractivity contribution is 5.52. The molecule has 0 spiro atoms. The molecule has 0 radical (unpaired) electrons. The number of aromatic amines is 1. The smallest absolute Gasteiger partial charge is 0.256 e. The van der Waals surface area contributed by atoms with Crippen LogP contribution in [0.15, 0.2) is 29.1 Å². The molecule has 0 aliphatic carbocycles. The maximum Gasteiger partial charge on any atom is 0.256 e. The topological polar surface area (TPSA) is 57.8 Å². The number of aryl methyl sites for hydroxylation is 3. The minimum absolute atomic E-state index is 0.0658. The molecule has 0 saturated heterocycles. The lowest BCUT2D eigenvalue weighted by Crippen LogP contribution is -2.23.